The number of carbonyl (C=O) groups excluding carboxylic acids is 1. The van der Waals surface area contributed by atoms with Gasteiger partial charge in [0, 0.05) is 32.4 Å². The van der Waals surface area contributed by atoms with E-state index in [0.717, 1.165) is 50.6 Å². The third kappa shape index (κ3) is 5.48. The number of anilines is 1. The fraction of sp³-hybridized carbons (Fsp3) is 0.625. The van der Waals surface area contributed by atoms with Crippen molar-refractivity contribution in [3.63, 3.8) is 0 Å². The van der Waals surface area contributed by atoms with Gasteiger partial charge in [-0.25, -0.2) is 4.98 Å². The summed E-state index contributed by atoms with van der Waals surface area (Å²) < 4.78 is 5.54. The van der Waals surface area contributed by atoms with Crippen LogP contribution >= 0.6 is 24.8 Å². The molecule has 8 heteroatoms. The summed E-state index contributed by atoms with van der Waals surface area (Å²) in [5, 5.41) is 6.20. The molecule has 2 atom stereocenters. The van der Waals surface area contributed by atoms with E-state index < -0.39 is 0 Å². The smallest absolute Gasteiger partial charge is 0.224 e. The zero-order valence-electron chi connectivity index (χ0n) is 13.9. The molecule has 24 heavy (non-hydrogen) atoms. The highest BCUT2D eigenvalue weighted by Gasteiger charge is 2.22. The molecular formula is C16H26Cl2N4O2. The summed E-state index contributed by atoms with van der Waals surface area (Å²) in [6, 6.07) is 4.06. The van der Waals surface area contributed by atoms with E-state index in [-0.39, 0.29) is 42.7 Å². The van der Waals surface area contributed by atoms with Crippen LogP contribution in [0.15, 0.2) is 18.3 Å². The fourth-order valence-electron chi connectivity index (χ4n) is 2.95. The van der Waals surface area contributed by atoms with E-state index >= 15 is 0 Å². The van der Waals surface area contributed by atoms with E-state index in [1.165, 1.54) is 0 Å². The first kappa shape index (κ1) is 21.0. The van der Waals surface area contributed by atoms with Crippen molar-refractivity contribution in [2.45, 2.75) is 26.0 Å². The average molecular weight is 377 g/mol. The van der Waals surface area contributed by atoms with E-state index in [1.54, 1.807) is 0 Å². The Labute approximate surface area is 155 Å². The van der Waals surface area contributed by atoms with Crippen LogP contribution in [-0.4, -0.2) is 49.8 Å². The van der Waals surface area contributed by atoms with Gasteiger partial charge < -0.3 is 20.3 Å². The normalized spacial score (nSPS) is 23.1. The Hall–Kier alpha value is -1.08. The predicted octanol–water partition coefficient (Wildman–Crippen LogP) is 1.38. The lowest BCUT2D eigenvalue weighted by Crippen LogP contribution is -2.41. The van der Waals surface area contributed by atoms with Gasteiger partial charge in [-0.2, -0.15) is 0 Å². The van der Waals surface area contributed by atoms with Crippen LogP contribution in [0.5, 0.6) is 0 Å². The van der Waals surface area contributed by atoms with E-state index in [2.05, 4.69) is 27.4 Å². The van der Waals surface area contributed by atoms with E-state index in [4.69, 9.17) is 4.74 Å². The molecule has 2 aliphatic rings. The van der Waals surface area contributed by atoms with Gasteiger partial charge in [0.05, 0.1) is 18.6 Å². The highest BCUT2D eigenvalue weighted by Crippen LogP contribution is 2.15. The van der Waals surface area contributed by atoms with Crippen LogP contribution in [0.3, 0.4) is 0 Å². The minimum Gasteiger partial charge on any atom is -0.375 e. The highest BCUT2D eigenvalue weighted by molar-refractivity contribution is 5.85. The molecule has 0 aromatic carbocycles. The van der Waals surface area contributed by atoms with Crippen molar-refractivity contribution in [2.75, 3.05) is 37.7 Å². The highest BCUT2D eigenvalue weighted by atomic mass is 35.5. The van der Waals surface area contributed by atoms with Crippen molar-refractivity contribution in [3.8, 4) is 0 Å². The molecule has 2 unspecified atom stereocenters. The Morgan fingerprint density at radius 1 is 1.46 bits per heavy atom. The molecule has 1 aromatic rings. The van der Waals surface area contributed by atoms with Crippen molar-refractivity contribution in [2.24, 2.45) is 5.92 Å². The third-order valence-electron chi connectivity index (χ3n) is 4.27. The molecule has 2 saturated heterocycles. The number of morpholine rings is 1. The second-order valence-corrected chi connectivity index (χ2v) is 6.06. The average Bonchev–Trinajstić information content (AvgIpc) is 3.08. The molecule has 0 aliphatic carbocycles. The number of ether oxygens (including phenoxy) is 1. The topological polar surface area (TPSA) is 66.5 Å². The summed E-state index contributed by atoms with van der Waals surface area (Å²) in [7, 11) is 0. The maximum atomic E-state index is 12.0. The van der Waals surface area contributed by atoms with Gasteiger partial charge in [-0.15, -0.1) is 24.8 Å². The molecule has 2 N–H and O–H groups in total. The number of nitrogens with zero attached hydrogens (tertiary/aromatic N) is 2. The number of amides is 1. The number of aromatic nitrogens is 1. The maximum Gasteiger partial charge on any atom is 0.224 e. The number of hydrogen-bond donors (Lipinski definition) is 2. The molecule has 1 amide bonds. The number of rotatable bonds is 4. The number of nitrogens with one attached hydrogen (secondary N) is 2. The SMILES string of the molecule is CC1CN(c2ccc(CNC(=O)C3CCNC3)cn2)CCO1.Cl.Cl. The van der Waals surface area contributed by atoms with Gasteiger partial charge in [0.15, 0.2) is 0 Å². The first-order valence-corrected chi connectivity index (χ1v) is 8.02. The van der Waals surface area contributed by atoms with E-state index in [1.807, 2.05) is 18.3 Å². The number of hydrogen-bond acceptors (Lipinski definition) is 5. The Balaban J connectivity index is 0.00000144. The number of carbonyl (C=O) groups is 1. The molecule has 0 bridgehead atoms. The molecule has 2 fully saturated rings. The zero-order chi connectivity index (χ0) is 15.4. The summed E-state index contributed by atoms with van der Waals surface area (Å²) in [6.45, 7) is 6.84. The van der Waals surface area contributed by atoms with Crippen LogP contribution < -0.4 is 15.5 Å². The van der Waals surface area contributed by atoms with Crippen molar-refractivity contribution >= 4 is 36.5 Å². The number of pyridine rings is 1. The lowest BCUT2D eigenvalue weighted by Gasteiger charge is -2.32. The molecule has 136 valence electrons. The predicted molar refractivity (Wildman–Crippen MR) is 99.2 cm³/mol. The van der Waals surface area contributed by atoms with Crippen molar-refractivity contribution in [1.82, 2.24) is 15.6 Å². The molecule has 0 radical (unpaired) electrons. The van der Waals surface area contributed by atoms with Gasteiger partial charge in [-0.05, 0) is 31.5 Å². The third-order valence-corrected chi connectivity index (χ3v) is 4.27. The summed E-state index contributed by atoms with van der Waals surface area (Å²) in [5.74, 6) is 1.23. The van der Waals surface area contributed by atoms with Crippen LogP contribution in [0.2, 0.25) is 0 Å². The Morgan fingerprint density at radius 2 is 2.29 bits per heavy atom. The molecule has 3 heterocycles. The van der Waals surface area contributed by atoms with Crippen LogP contribution in [0.1, 0.15) is 18.9 Å². The van der Waals surface area contributed by atoms with Crippen LogP contribution in [0.25, 0.3) is 0 Å². The summed E-state index contributed by atoms with van der Waals surface area (Å²) >= 11 is 0. The van der Waals surface area contributed by atoms with Gasteiger partial charge in [-0.1, -0.05) is 6.07 Å². The fourth-order valence-corrected chi connectivity index (χ4v) is 2.95. The van der Waals surface area contributed by atoms with Gasteiger partial charge in [-0.3, -0.25) is 4.79 Å². The van der Waals surface area contributed by atoms with Crippen LogP contribution in [0, 0.1) is 5.92 Å². The molecular weight excluding hydrogens is 351 g/mol. The zero-order valence-corrected chi connectivity index (χ0v) is 15.5. The second kappa shape index (κ2) is 10.0. The van der Waals surface area contributed by atoms with Gasteiger partial charge in [0.25, 0.3) is 0 Å². The summed E-state index contributed by atoms with van der Waals surface area (Å²) in [6.07, 6.45) is 3.02. The molecule has 0 saturated carbocycles. The second-order valence-electron chi connectivity index (χ2n) is 6.06. The quantitative estimate of drug-likeness (QED) is 0.830. The van der Waals surface area contributed by atoms with Gasteiger partial charge in [0.1, 0.15) is 5.82 Å². The van der Waals surface area contributed by atoms with Crippen LogP contribution in [0.4, 0.5) is 5.82 Å². The molecule has 2 aliphatic heterocycles. The Morgan fingerprint density at radius 3 is 2.92 bits per heavy atom. The largest absolute Gasteiger partial charge is 0.375 e. The first-order chi connectivity index (χ1) is 10.7. The monoisotopic (exact) mass is 376 g/mol. The van der Waals surface area contributed by atoms with Gasteiger partial charge in [0.2, 0.25) is 5.91 Å². The van der Waals surface area contributed by atoms with Crippen molar-refractivity contribution in [3.05, 3.63) is 23.9 Å². The van der Waals surface area contributed by atoms with Crippen LogP contribution in [-0.2, 0) is 16.1 Å². The minimum absolute atomic E-state index is 0. The molecule has 3 rings (SSSR count). The Kier molecular flexibility index (Phi) is 8.76. The standard InChI is InChI=1S/C16H24N4O2.2ClH/c1-12-11-20(6-7-22-12)15-3-2-13(8-18-15)9-19-16(21)14-4-5-17-10-14;;/h2-3,8,12,14,17H,4-7,9-11H2,1H3,(H,19,21);2*1H. The van der Waals surface area contributed by atoms with E-state index in [0.29, 0.717) is 6.54 Å². The molecule has 1 aromatic heterocycles. The number of halogens is 2. The maximum absolute atomic E-state index is 12.0. The van der Waals surface area contributed by atoms with Crippen molar-refractivity contribution in [1.29, 1.82) is 0 Å². The van der Waals surface area contributed by atoms with Crippen molar-refractivity contribution < 1.29 is 9.53 Å². The molecule has 6 nitrogen and oxygen atoms in total. The minimum atomic E-state index is 0. The Bertz CT molecular complexity index is 509. The van der Waals surface area contributed by atoms with Gasteiger partial charge >= 0.3 is 0 Å². The lowest BCUT2D eigenvalue weighted by molar-refractivity contribution is -0.124. The first-order valence-electron chi connectivity index (χ1n) is 8.02. The summed E-state index contributed by atoms with van der Waals surface area (Å²) in [4.78, 5) is 18.7. The van der Waals surface area contributed by atoms with E-state index in [9.17, 15) is 4.79 Å². The molecule has 0 spiro atoms. The lowest BCUT2D eigenvalue weighted by atomic mass is 10.1. The summed E-state index contributed by atoms with van der Waals surface area (Å²) in [5.41, 5.74) is 1.03.